The van der Waals surface area contributed by atoms with Gasteiger partial charge in [0.1, 0.15) is 16.7 Å². The molecule has 0 unspecified atom stereocenters. The normalized spacial score (nSPS) is 14.6. The van der Waals surface area contributed by atoms with E-state index in [2.05, 4.69) is 25.1 Å². The van der Waals surface area contributed by atoms with Gasteiger partial charge in [-0.2, -0.15) is 18.7 Å². The largest absolute Gasteiger partial charge is 0.435 e. The summed E-state index contributed by atoms with van der Waals surface area (Å²) in [5, 5.41) is 16.7. The van der Waals surface area contributed by atoms with E-state index in [-0.39, 0.29) is 16.4 Å². The van der Waals surface area contributed by atoms with Gasteiger partial charge in [-0.15, -0.1) is 5.10 Å². The molecule has 0 aliphatic heterocycles. The molecule has 0 saturated heterocycles. The zero-order valence-electron chi connectivity index (χ0n) is 17.9. The van der Waals surface area contributed by atoms with E-state index < -0.39 is 34.1 Å². The number of nitrogens with one attached hydrogen (secondary N) is 1. The van der Waals surface area contributed by atoms with Crippen molar-refractivity contribution in [1.29, 1.82) is 5.26 Å². The Balaban J connectivity index is 1.65. The van der Waals surface area contributed by atoms with E-state index in [9.17, 15) is 22.0 Å². The predicted octanol–water partition coefficient (Wildman–Crippen LogP) is 2.97. The molecule has 2 aromatic heterocycles. The molecule has 2 heterocycles. The van der Waals surface area contributed by atoms with Crippen LogP contribution in [0.25, 0.3) is 5.13 Å². The minimum absolute atomic E-state index is 0.181. The average Bonchev–Trinajstić information content (AvgIpc) is 3.33. The van der Waals surface area contributed by atoms with Gasteiger partial charge in [0, 0.05) is 17.7 Å². The summed E-state index contributed by atoms with van der Waals surface area (Å²) in [6.07, 6.45) is 4.18. The molecule has 1 aliphatic carbocycles. The van der Waals surface area contributed by atoms with Crippen LogP contribution in [0.15, 0.2) is 29.3 Å². The number of benzene rings is 1. The lowest BCUT2D eigenvalue weighted by molar-refractivity contribution is -0.0500. The first-order valence-electron chi connectivity index (χ1n) is 9.99. The third-order valence-corrected chi connectivity index (χ3v) is 6.88. The maximum Gasteiger partial charge on any atom is 0.387 e. The SMILES string of the molecule is C[C@H](NC(=O)c1cc(OC(F)F)cc(S(C)(=O)=O)c1)c1nc(C2CC2)nn1-c1ncc(C#N)s1. The van der Waals surface area contributed by atoms with Crippen LogP contribution in [0.2, 0.25) is 0 Å². The number of alkyl halides is 2. The first-order valence-corrected chi connectivity index (χ1v) is 12.7. The molecule has 0 spiro atoms. The van der Waals surface area contributed by atoms with Crippen LogP contribution in [0, 0.1) is 11.3 Å². The molecule has 178 valence electrons. The Morgan fingerprint density at radius 1 is 1.35 bits per heavy atom. The van der Waals surface area contributed by atoms with Gasteiger partial charge in [0.05, 0.1) is 17.1 Å². The van der Waals surface area contributed by atoms with Gasteiger partial charge in [-0.05, 0) is 38.0 Å². The van der Waals surface area contributed by atoms with Crippen LogP contribution >= 0.6 is 11.3 Å². The molecule has 4 rings (SSSR count). The number of carbonyl (C=O) groups is 1. The average molecular weight is 509 g/mol. The molecule has 1 amide bonds. The topological polar surface area (TPSA) is 140 Å². The Kier molecular flexibility index (Phi) is 6.32. The Labute approximate surface area is 197 Å². The van der Waals surface area contributed by atoms with E-state index in [0.29, 0.717) is 21.7 Å². The Morgan fingerprint density at radius 3 is 2.68 bits per heavy atom. The van der Waals surface area contributed by atoms with Gasteiger partial charge < -0.3 is 10.1 Å². The van der Waals surface area contributed by atoms with Crippen molar-refractivity contribution in [2.45, 2.75) is 43.2 Å². The van der Waals surface area contributed by atoms with Crippen LogP contribution in [-0.2, 0) is 9.84 Å². The number of thiazole rings is 1. The lowest BCUT2D eigenvalue weighted by Gasteiger charge is -2.15. The maximum atomic E-state index is 12.9. The summed E-state index contributed by atoms with van der Waals surface area (Å²) < 4.78 is 55.1. The van der Waals surface area contributed by atoms with Crippen LogP contribution in [0.5, 0.6) is 5.75 Å². The molecule has 1 aliphatic rings. The van der Waals surface area contributed by atoms with E-state index in [4.69, 9.17) is 5.26 Å². The van der Waals surface area contributed by atoms with Crippen molar-refractivity contribution < 1.29 is 26.7 Å². The smallest absolute Gasteiger partial charge is 0.387 e. The number of aromatic nitrogens is 4. The molecule has 14 heteroatoms. The predicted molar refractivity (Wildman–Crippen MR) is 116 cm³/mol. The minimum Gasteiger partial charge on any atom is -0.435 e. The first kappa shape index (κ1) is 23.7. The van der Waals surface area contributed by atoms with Gasteiger partial charge in [-0.1, -0.05) is 11.3 Å². The molecule has 3 aromatic rings. The second kappa shape index (κ2) is 9.07. The molecule has 1 fully saturated rings. The summed E-state index contributed by atoms with van der Waals surface area (Å²) in [6, 6.07) is 4.33. The number of halogens is 2. The minimum atomic E-state index is -3.80. The first-order chi connectivity index (χ1) is 16.0. The highest BCUT2D eigenvalue weighted by atomic mass is 32.2. The Bertz CT molecular complexity index is 1390. The summed E-state index contributed by atoms with van der Waals surface area (Å²) in [6.45, 7) is -1.55. The number of nitriles is 1. The number of amides is 1. The highest BCUT2D eigenvalue weighted by Gasteiger charge is 2.31. The highest BCUT2D eigenvalue weighted by Crippen LogP contribution is 2.39. The fourth-order valence-electron chi connectivity index (χ4n) is 3.12. The van der Waals surface area contributed by atoms with Crippen molar-refractivity contribution in [3.05, 3.63) is 46.5 Å². The number of hydrogen-bond donors (Lipinski definition) is 1. The Morgan fingerprint density at radius 2 is 2.09 bits per heavy atom. The molecule has 10 nitrogen and oxygen atoms in total. The highest BCUT2D eigenvalue weighted by molar-refractivity contribution is 7.90. The van der Waals surface area contributed by atoms with E-state index >= 15 is 0 Å². The van der Waals surface area contributed by atoms with Gasteiger partial charge in [0.25, 0.3) is 5.91 Å². The molecule has 34 heavy (non-hydrogen) atoms. The van der Waals surface area contributed by atoms with Gasteiger partial charge in [-0.3, -0.25) is 4.79 Å². The molecular formula is C20H18F2N6O4S2. The van der Waals surface area contributed by atoms with Crippen molar-refractivity contribution in [3.63, 3.8) is 0 Å². The third kappa shape index (κ3) is 5.20. The van der Waals surface area contributed by atoms with E-state index in [1.54, 1.807) is 6.92 Å². The monoisotopic (exact) mass is 508 g/mol. The number of sulfone groups is 1. The molecule has 1 aromatic carbocycles. The second-order valence-corrected chi connectivity index (χ2v) is 10.7. The van der Waals surface area contributed by atoms with E-state index in [0.717, 1.165) is 48.6 Å². The van der Waals surface area contributed by atoms with Crippen LogP contribution < -0.4 is 10.1 Å². The zero-order chi connectivity index (χ0) is 24.6. The fourth-order valence-corrected chi connectivity index (χ4v) is 4.47. The summed E-state index contributed by atoms with van der Waals surface area (Å²) in [5.74, 6) is -0.0223. The van der Waals surface area contributed by atoms with Gasteiger partial charge in [0.15, 0.2) is 21.5 Å². The van der Waals surface area contributed by atoms with Crippen molar-refractivity contribution in [2.75, 3.05) is 6.26 Å². The fraction of sp³-hybridized carbons (Fsp3) is 0.350. The van der Waals surface area contributed by atoms with E-state index in [1.807, 2.05) is 6.07 Å². The van der Waals surface area contributed by atoms with Gasteiger partial charge in [-0.25, -0.2) is 18.4 Å². The van der Waals surface area contributed by atoms with Crippen LogP contribution in [-0.4, -0.2) is 46.9 Å². The Hall–Kier alpha value is -3.44. The molecule has 0 bridgehead atoms. The summed E-state index contributed by atoms with van der Waals surface area (Å²) in [4.78, 5) is 21.7. The second-order valence-electron chi connectivity index (χ2n) is 7.67. The number of carbonyl (C=O) groups excluding carboxylic acids is 1. The number of rotatable bonds is 8. The molecule has 1 atom stereocenters. The van der Waals surface area contributed by atoms with Crippen molar-refractivity contribution in [1.82, 2.24) is 25.1 Å². The third-order valence-electron chi connectivity index (χ3n) is 4.91. The molecule has 1 N–H and O–H groups in total. The lowest BCUT2D eigenvalue weighted by atomic mass is 10.2. The van der Waals surface area contributed by atoms with Crippen molar-refractivity contribution in [2.24, 2.45) is 0 Å². The zero-order valence-corrected chi connectivity index (χ0v) is 19.5. The summed E-state index contributed by atoms with van der Waals surface area (Å²) in [7, 11) is -3.80. The number of nitrogens with zero attached hydrogens (tertiary/aromatic N) is 5. The van der Waals surface area contributed by atoms with E-state index in [1.165, 1.54) is 10.9 Å². The standard InChI is InChI=1S/C20H18F2N6O4S2/c1-10(17-26-16(11-3-4-11)27-28(17)20-24-9-14(8-23)33-20)25-18(29)12-5-13(32-19(21)22)7-15(6-12)34(2,30)31/h5-7,9-11,19H,3-4H2,1-2H3,(H,25,29)/t10-/m0/s1. The van der Waals surface area contributed by atoms with Crippen LogP contribution in [0.1, 0.15) is 58.6 Å². The van der Waals surface area contributed by atoms with Crippen LogP contribution in [0.3, 0.4) is 0 Å². The summed E-state index contributed by atoms with van der Waals surface area (Å²) >= 11 is 1.11. The quantitative estimate of drug-likeness (QED) is 0.490. The van der Waals surface area contributed by atoms with Crippen LogP contribution in [0.4, 0.5) is 8.78 Å². The number of hydrogen-bond acceptors (Lipinski definition) is 9. The molecule has 0 radical (unpaired) electrons. The molecule has 1 saturated carbocycles. The van der Waals surface area contributed by atoms with Crippen molar-refractivity contribution >= 4 is 27.1 Å². The lowest BCUT2D eigenvalue weighted by Crippen LogP contribution is -2.29. The maximum absolute atomic E-state index is 12.9. The van der Waals surface area contributed by atoms with Gasteiger partial charge in [0.2, 0.25) is 5.13 Å². The van der Waals surface area contributed by atoms with Gasteiger partial charge >= 0.3 is 6.61 Å². The number of ether oxygens (including phenoxy) is 1. The molecular weight excluding hydrogens is 490 g/mol. The van der Waals surface area contributed by atoms with Crippen molar-refractivity contribution in [3.8, 4) is 17.0 Å². The summed E-state index contributed by atoms with van der Waals surface area (Å²) in [5.41, 5.74) is -0.181.